The van der Waals surface area contributed by atoms with Gasteiger partial charge < -0.3 is 10.3 Å². The van der Waals surface area contributed by atoms with Crippen LogP contribution in [0, 0.1) is 0 Å². The van der Waals surface area contributed by atoms with Gasteiger partial charge in [-0.3, -0.25) is 5.10 Å². The Balaban J connectivity index is 1.98. The smallest absolute Gasteiger partial charge is 0.155 e. The van der Waals surface area contributed by atoms with Crippen molar-refractivity contribution in [3.63, 3.8) is 0 Å². The Bertz CT molecular complexity index is 710. The van der Waals surface area contributed by atoms with Crippen LogP contribution in [0.1, 0.15) is 31.5 Å². The van der Waals surface area contributed by atoms with E-state index < -0.39 is 0 Å². The molecule has 3 rings (SSSR count). The number of hydrogen-bond acceptors (Lipinski definition) is 3. The summed E-state index contributed by atoms with van der Waals surface area (Å²) in [6, 6.07) is 4.00. The Labute approximate surface area is 117 Å². The van der Waals surface area contributed by atoms with Gasteiger partial charge in [0.15, 0.2) is 5.82 Å². The number of nitrogens with one attached hydrogen (secondary N) is 3. The van der Waals surface area contributed by atoms with Gasteiger partial charge in [-0.25, -0.2) is 4.98 Å². The third-order valence-corrected chi connectivity index (χ3v) is 3.52. The number of hydrogen-bond donors (Lipinski definition) is 3. The maximum absolute atomic E-state index is 4.43. The molecule has 0 atom stereocenters. The van der Waals surface area contributed by atoms with E-state index in [1.54, 1.807) is 6.20 Å². The fourth-order valence-corrected chi connectivity index (χ4v) is 2.51. The number of aryl methyl sites for hydroxylation is 1. The average molecular weight is 269 g/mol. The van der Waals surface area contributed by atoms with E-state index in [1.807, 2.05) is 18.3 Å². The zero-order chi connectivity index (χ0) is 13.9. The topological polar surface area (TPSA) is 69.4 Å². The zero-order valence-electron chi connectivity index (χ0n) is 11.8. The van der Waals surface area contributed by atoms with E-state index in [0.29, 0.717) is 0 Å². The quantitative estimate of drug-likeness (QED) is 0.663. The van der Waals surface area contributed by atoms with E-state index in [0.717, 1.165) is 41.8 Å². The Morgan fingerprint density at radius 1 is 1.25 bits per heavy atom. The molecular formula is C15H19N5. The molecule has 20 heavy (non-hydrogen) atoms. The van der Waals surface area contributed by atoms with Crippen LogP contribution < -0.4 is 5.32 Å². The molecule has 0 saturated heterocycles. The van der Waals surface area contributed by atoms with Crippen LogP contribution in [0.3, 0.4) is 0 Å². The van der Waals surface area contributed by atoms with Gasteiger partial charge >= 0.3 is 0 Å². The molecule has 3 N–H and O–H groups in total. The highest BCUT2D eigenvalue weighted by atomic mass is 15.2. The predicted octanol–water partition coefficient (Wildman–Crippen LogP) is 3.54. The normalized spacial score (nSPS) is 11.1. The van der Waals surface area contributed by atoms with E-state index in [2.05, 4.69) is 39.3 Å². The fourth-order valence-electron chi connectivity index (χ4n) is 2.51. The Hall–Kier alpha value is -2.30. The maximum Gasteiger partial charge on any atom is 0.155 e. The molecule has 0 aliphatic carbocycles. The van der Waals surface area contributed by atoms with E-state index in [9.17, 15) is 0 Å². The predicted molar refractivity (Wildman–Crippen MR) is 81.3 cm³/mol. The van der Waals surface area contributed by atoms with Crippen LogP contribution in [-0.2, 0) is 12.8 Å². The second kappa shape index (κ2) is 5.36. The summed E-state index contributed by atoms with van der Waals surface area (Å²) in [7, 11) is 0. The number of anilines is 2. The first-order valence-electron chi connectivity index (χ1n) is 7.08. The molecule has 0 unspecified atom stereocenters. The van der Waals surface area contributed by atoms with Crippen molar-refractivity contribution in [2.45, 2.75) is 33.1 Å². The summed E-state index contributed by atoms with van der Waals surface area (Å²) in [4.78, 5) is 7.42. The fraction of sp³-hybridized carbons (Fsp3) is 0.333. The summed E-state index contributed by atoms with van der Waals surface area (Å²) in [6.07, 6.45) is 6.81. The Kier molecular flexibility index (Phi) is 3.41. The van der Waals surface area contributed by atoms with Crippen LogP contribution in [0.4, 0.5) is 11.5 Å². The average Bonchev–Trinajstić information content (AvgIpc) is 3.07. The number of H-pyrrole nitrogens is 2. The minimum Gasteiger partial charge on any atom is -0.346 e. The van der Waals surface area contributed by atoms with Gasteiger partial charge in [0.1, 0.15) is 5.65 Å². The number of fused-ring (bicyclic) bond motifs is 1. The first-order valence-corrected chi connectivity index (χ1v) is 7.08. The highest BCUT2D eigenvalue weighted by Crippen LogP contribution is 2.27. The third-order valence-electron chi connectivity index (χ3n) is 3.52. The van der Waals surface area contributed by atoms with Crippen LogP contribution in [0.25, 0.3) is 11.0 Å². The molecule has 0 bridgehead atoms. The van der Waals surface area contributed by atoms with Gasteiger partial charge in [0.2, 0.25) is 0 Å². The summed E-state index contributed by atoms with van der Waals surface area (Å²) in [5.74, 6) is 0.928. The third kappa shape index (κ3) is 2.15. The van der Waals surface area contributed by atoms with Crippen LogP contribution in [0.15, 0.2) is 24.5 Å². The molecule has 5 heteroatoms. The molecule has 3 heterocycles. The molecular weight excluding hydrogens is 250 g/mol. The maximum atomic E-state index is 4.43. The van der Waals surface area contributed by atoms with Gasteiger partial charge in [-0.2, -0.15) is 5.10 Å². The van der Waals surface area contributed by atoms with Crippen molar-refractivity contribution >= 4 is 22.5 Å². The summed E-state index contributed by atoms with van der Waals surface area (Å²) in [5.41, 5.74) is 4.42. The summed E-state index contributed by atoms with van der Waals surface area (Å²) < 4.78 is 0. The van der Waals surface area contributed by atoms with Crippen LogP contribution in [0.2, 0.25) is 0 Å². The number of rotatable bonds is 5. The molecule has 0 radical (unpaired) electrons. The first-order chi connectivity index (χ1) is 9.83. The molecule has 3 aromatic rings. The highest BCUT2D eigenvalue weighted by Gasteiger charge is 2.12. The van der Waals surface area contributed by atoms with Gasteiger partial charge in [0, 0.05) is 29.0 Å². The Morgan fingerprint density at radius 2 is 2.15 bits per heavy atom. The lowest BCUT2D eigenvalue weighted by atomic mass is 10.1. The van der Waals surface area contributed by atoms with Crippen LogP contribution in [0.5, 0.6) is 0 Å². The van der Waals surface area contributed by atoms with Crippen molar-refractivity contribution in [2.24, 2.45) is 0 Å². The van der Waals surface area contributed by atoms with Gasteiger partial charge in [0.25, 0.3) is 0 Å². The molecule has 0 spiro atoms. The Morgan fingerprint density at radius 3 is 2.95 bits per heavy atom. The van der Waals surface area contributed by atoms with E-state index in [-0.39, 0.29) is 0 Å². The van der Waals surface area contributed by atoms with Gasteiger partial charge in [-0.1, -0.05) is 20.3 Å². The van der Waals surface area contributed by atoms with Crippen molar-refractivity contribution in [3.05, 3.63) is 35.8 Å². The van der Waals surface area contributed by atoms with Gasteiger partial charge in [-0.15, -0.1) is 0 Å². The summed E-state index contributed by atoms with van der Waals surface area (Å²) >= 11 is 0. The van der Waals surface area contributed by atoms with Crippen LogP contribution >= 0.6 is 0 Å². The molecule has 0 aliphatic rings. The van der Waals surface area contributed by atoms with E-state index >= 15 is 0 Å². The highest BCUT2D eigenvalue weighted by molar-refractivity contribution is 5.91. The van der Waals surface area contributed by atoms with Crippen molar-refractivity contribution < 1.29 is 0 Å². The number of pyridine rings is 1. The lowest BCUT2D eigenvalue weighted by molar-refractivity contribution is 0.892. The lowest BCUT2D eigenvalue weighted by Crippen LogP contribution is -1.97. The van der Waals surface area contributed by atoms with Crippen molar-refractivity contribution in [3.8, 4) is 0 Å². The zero-order valence-corrected chi connectivity index (χ0v) is 11.8. The number of aromatic amines is 2. The molecule has 104 valence electrons. The largest absolute Gasteiger partial charge is 0.346 e. The monoisotopic (exact) mass is 269 g/mol. The first kappa shape index (κ1) is 12.7. The second-order valence-electron chi connectivity index (χ2n) is 4.86. The molecule has 5 nitrogen and oxygen atoms in total. The second-order valence-corrected chi connectivity index (χ2v) is 4.86. The molecule has 0 fully saturated rings. The van der Waals surface area contributed by atoms with Crippen molar-refractivity contribution in [2.75, 3.05) is 5.32 Å². The number of nitrogens with zero attached hydrogens (tertiary/aromatic N) is 2. The molecule has 0 aliphatic heterocycles. The number of aromatic nitrogens is 4. The van der Waals surface area contributed by atoms with Crippen molar-refractivity contribution in [1.82, 2.24) is 20.2 Å². The van der Waals surface area contributed by atoms with E-state index in [4.69, 9.17) is 0 Å². The standard InChI is InChI=1S/C15H19N5/c1-3-5-10-12(4-2)19-20-15(10)18-13-7-9-17-14-11(13)6-8-16-14/h6-9H,3-5H2,1-2H3,(H3,16,17,18,19,20). The van der Waals surface area contributed by atoms with Gasteiger partial charge in [-0.05, 0) is 25.0 Å². The minimum absolute atomic E-state index is 0.887. The van der Waals surface area contributed by atoms with Crippen molar-refractivity contribution in [1.29, 1.82) is 0 Å². The van der Waals surface area contributed by atoms with Gasteiger partial charge in [0.05, 0.1) is 5.69 Å². The van der Waals surface area contributed by atoms with E-state index in [1.165, 1.54) is 11.3 Å². The minimum atomic E-state index is 0.887. The lowest BCUT2D eigenvalue weighted by Gasteiger charge is -2.07. The summed E-state index contributed by atoms with van der Waals surface area (Å²) in [6.45, 7) is 4.33. The molecule has 0 aromatic carbocycles. The molecule has 0 saturated carbocycles. The molecule has 3 aromatic heterocycles. The van der Waals surface area contributed by atoms with Crippen LogP contribution in [-0.4, -0.2) is 20.2 Å². The SMILES string of the molecule is CCCc1c(Nc2ccnc3[nH]ccc23)n[nH]c1CC. The molecule has 0 amide bonds. The summed E-state index contributed by atoms with van der Waals surface area (Å²) in [5, 5.41) is 12.1.